The highest BCUT2D eigenvalue weighted by molar-refractivity contribution is 9.10. The third kappa shape index (κ3) is 4.58. The molecule has 0 aliphatic heterocycles. The van der Waals surface area contributed by atoms with Crippen molar-refractivity contribution in [3.05, 3.63) is 20.8 Å². The number of nitrogens with one attached hydrogen (secondary N) is 1. The smallest absolute Gasteiger partial charge is 0.0285 e. The van der Waals surface area contributed by atoms with Crippen LogP contribution in [0.15, 0.2) is 15.9 Å². The van der Waals surface area contributed by atoms with Crippen LogP contribution in [0.3, 0.4) is 0 Å². The van der Waals surface area contributed by atoms with Gasteiger partial charge in [-0.05, 0) is 40.9 Å². The Morgan fingerprint density at radius 1 is 1.43 bits per heavy atom. The summed E-state index contributed by atoms with van der Waals surface area (Å²) in [6, 6.07) is 2.81. The zero-order chi connectivity index (χ0) is 10.6. The number of hydrogen-bond donors (Lipinski definition) is 1. The predicted molar refractivity (Wildman–Crippen MR) is 68.0 cm³/mol. The van der Waals surface area contributed by atoms with Gasteiger partial charge in [-0.25, -0.2) is 0 Å². The molecule has 0 aromatic carbocycles. The molecule has 1 heterocycles. The monoisotopic (exact) mass is 275 g/mol. The number of rotatable bonds is 5. The van der Waals surface area contributed by atoms with Crippen molar-refractivity contribution in [1.82, 2.24) is 5.32 Å². The molecule has 0 saturated carbocycles. The van der Waals surface area contributed by atoms with Crippen molar-refractivity contribution >= 4 is 27.3 Å². The lowest BCUT2D eigenvalue weighted by Crippen LogP contribution is -2.28. The highest BCUT2D eigenvalue weighted by atomic mass is 79.9. The summed E-state index contributed by atoms with van der Waals surface area (Å²) in [6.07, 6.45) is 1.18. The molecular formula is C11H18BrNS. The van der Waals surface area contributed by atoms with Crippen molar-refractivity contribution in [3.8, 4) is 0 Å². The van der Waals surface area contributed by atoms with Gasteiger partial charge in [0.2, 0.25) is 0 Å². The minimum Gasteiger partial charge on any atom is -0.314 e. The Labute approximate surface area is 99.0 Å². The second-order valence-corrected chi connectivity index (χ2v) is 6.01. The fourth-order valence-corrected chi connectivity index (χ4v) is 2.93. The van der Waals surface area contributed by atoms with E-state index in [1.54, 1.807) is 0 Å². The molecule has 14 heavy (non-hydrogen) atoms. The largest absolute Gasteiger partial charge is 0.314 e. The Morgan fingerprint density at radius 2 is 2.14 bits per heavy atom. The summed E-state index contributed by atoms with van der Waals surface area (Å²) in [4.78, 5) is 1.47. The van der Waals surface area contributed by atoms with E-state index in [0.717, 1.165) is 6.54 Å². The molecule has 0 fully saturated rings. The van der Waals surface area contributed by atoms with Crippen LogP contribution in [-0.2, 0) is 6.42 Å². The van der Waals surface area contributed by atoms with Crippen molar-refractivity contribution in [2.75, 3.05) is 6.54 Å². The van der Waals surface area contributed by atoms with Crippen LogP contribution >= 0.6 is 27.3 Å². The Bertz CT molecular complexity index is 270. The van der Waals surface area contributed by atoms with Crippen LogP contribution in [0.25, 0.3) is 0 Å². The third-order valence-electron chi connectivity index (χ3n) is 2.05. The van der Waals surface area contributed by atoms with Gasteiger partial charge in [0.1, 0.15) is 0 Å². The molecule has 1 unspecified atom stereocenters. The molecule has 0 amide bonds. The topological polar surface area (TPSA) is 12.0 Å². The van der Waals surface area contributed by atoms with Crippen LogP contribution in [0.1, 0.15) is 25.6 Å². The van der Waals surface area contributed by atoms with Crippen molar-refractivity contribution in [1.29, 1.82) is 0 Å². The van der Waals surface area contributed by atoms with E-state index in [1.165, 1.54) is 15.8 Å². The summed E-state index contributed by atoms with van der Waals surface area (Å²) in [5.74, 6) is 0.711. The zero-order valence-corrected chi connectivity index (χ0v) is 11.4. The first-order chi connectivity index (χ1) is 6.58. The number of halogens is 1. The van der Waals surface area contributed by atoms with E-state index in [1.807, 2.05) is 11.3 Å². The van der Waals surface area contributed by atoms with E-state index in [9.17, 15) is 0 Å². The summed E-state index contributed by atoms with van der Waals surface area (Å²) in [5.41, 5.74) is 0. The SMILES string of the molecule is CC(CNC(C)C)Cc1cc(Br)cs1. The van der Waals surface area contributed by atoms with Crippen molar-refractivity contribution in [3.63, 3.8) is 0 Å². The average Bonchev–Trinajstić information content (AvgIpc) is 2.48. The first-order valence-corrected chi connectivity index (χ1v) is 6.71. The summed E-state index contributed by atoms with van der Waals surface area (Å²) in [6.45, 7) is 7.78. The Kier molecular flexibility index (Phi) is 5.13. The molecule has 0 saturated heterocycles. The lowest BCUT2D eigenvalue weighted by Gasteiger charge is -2.13. The second kappa shape index (κ2) is 5.89. The van der Waals surface area contributed by atoms with E-state index < -0.39 is 0 Å². The quantitative estimate of drug-likeness (QED) is 0.865. The Balaban J connectivity index is 2.30. The molecule has 3 heteroatoms. The molecule has 0 spiro atoms. The molecule has 0 aliphatic carbocycles. The summed E-state index contributed by atoms with van der Waals surface area (Å²) in [7, 11) is 0. The van der Waals surface area contributed by atoms with E-state index in [4.69, 9.17) is 0 Å². The highest BCUT2D eigenvalue weighted by Crippen LogP contribution is 2.22. The van der Waals surface area contributed by atoms with Gasteiger partial charge in [-0.1, -0.05) is 20.8 Å². The molecule has 80 valence electrons. The van der Waals surface area contributed by atoms with Gasteiger partial charge < -0.3 is 5.32 Å². The standard InChI is InChI=1S/C11H18BrNS/c1-8(2)13-6-9(3)4-11-5-10(12)7-14-11/h5,7-9,13H,4,6H2,1-3H3. The normalized spacial score (nSPS) is 13.5. The van der Waals surface area contributed by atoms with Gasteiger partial charge in [0.25, 0.3) is 0 Å². The lowest BCUT2D eigenvalue weighted by atomic mass is 10.1. The fourth-order valence-electron chi connectivity index (χ4n) is 1.31. The van der Waals surface area contributed by atoms with E-state index in [0.29, 0.717) is 12.0 Å². The number of hydrogen-bond acceptors (Lipinski definition) is 2. The maximum atomic E-state index is 3.48. The fraction of sp³-hybridized carbons (Fsp3) is 0.636. The van der Waals surface area contributed by atoms with Crippen molar-refractivity contribution in [2.24, 2.45) is 5.92 Å². The van der Waals surface area contributed by atoms with Gasteiger partial charge >= 0.3 is 0 Å². The predicted octanol–water partition coefficient (Wildman–Crippen LogP) is 3.69. The van der Waals surface area contributed by atoms with Crippen LogP contribution in [0.2, 0.25) is 0 Å². The van der Waals surface area contributed by atoms with Gasteiger partial charge in [-0.2, -0.15) is 0 Å². The lowest BCUT2D eigenvalue weighted by molar-refractivity contribution is 0.478. The number of thiophene rings is 1. The van der Waals surface area contributed by atoms with Crippen LogP contribution < -0.4 is 5.32 Å². The van der Waals surface area contributed by atoms with Gasteiger partial charge in [0, 0.05) is 20.8 Å². The van der Waals surface area contributed by atoms with E-state index in [-0.39, 0.29) is 0 Å². The first kappa shape index (κ1) is 12.2. The minimum absolute atomic E-state index is 0.590. The zero-order valence-electron chi connectivity index (χ0n) is 9.01. The van der Waals surface area contributed by atoms with Gasteiger partial charge in [0.05, 0.1) is 0 Å². The average molecular weight is 276 g/mol. The molecule has 0 bridgehead atoms. The van der Waals surface area contributed by atoms with E-state index >= 15 is 0 Å². The molecule has 1 N–H and O–H groups in total. The van der Waals surface area contributed by atoms with Crippen molar-refractivity contribution in [2.45, 2.75) is 33.2 Å². The Morgan fingerprint density at radius 3 is 2.64 bits per heavy atom. The summed E-state index contributed by atoms with van der Waals surface area (Å²) in [5, 5.41) is 5.62. The maximum Gasteiger partial charge on any atom is 0.0285 e. The molecule has 1 atom stereocenters. The van der Waals surface area contributed by atoms with Gasteiger partial charge in [-0.15, -0.1) is 11.3 Å². The molecule has 0 aliphatic rings. The van der Waals surface area contributed by atoms with Crippen LogP contribution in [0.4, 0.5) is 0 Å². The van der Waals surface area contributed by atoms with Crippen LogP contribution in [-0.4, -0.2) is 12.6 Å². The van der Waals surface area contributed by atoms with Gasteiger partial charge in [-0.3, -0.25) is 0 Å². The molecule has 1 rings (SSSR count). The summed E-state index contributed by atoms with van der Waals surface area (Å²) < 4.78 is 1.21. The van der Waals surface area contributed by atoms with Crippen LogP contribution in [0.5, 0.6) is 0 Å². The maximum absolute atomic E-state index is 3.48. The van der Waals surface area contributed by atoms with Crippen molar-refractivity contribution < 1.29 is 0 Å². The van der Waals surface area contributed by atoms with E-state index in [2.05, 4.69) is 53.5 Å². The minimum atomic E-state index is 0.590. The molecule has 1 aromatic rings. The summed E-state index contributed by atoms with van der Waals surface area (Å²) >= 11 is 5.32. The Hall–Kier alpha value is 0.140. The van der Waals surface area contributed by atoms with Crippen LogP contribution in [0, 0.1) is 5.92 Å². The molecular weight excluding hydrogens is 258 g/mol. The third-order valence-corrected chi connectivity index (χ3v) is 3.77. The molecule has 0 radical (unpaired) electrons. The second-order valence-electron chi connectivity index (χ2n) is 4.10. The highest BCUT2D eigenvalue weighted by Gasteiger charge is 2.06. The molecule has 1 aromatic heterocycles. The van der Waals surface area contributed by atoms with Gasteiger partial charge in [0.15, 0.2) is 0 Å². The first-order valence-electron chi connectivity index (χ1n) is 5.04. The molecule has 1 nitrogen and oxygen atoms in total.